The Morgan fingerprint density at radius 2 is 1.71 bits per heavy atom. The van der Waals surface area contributed by atoms with Gasteiger partial charge in [0, 0.05) is 39.4 Å². The average Bonchev–Trinajstić information content (AvgIpc) is 2.71. The van der Waals surface area contributed by atoms with E-state index in [9.17, 15) is 4.79 Å². The van der Waals surface area contributed by atoms with E-state index < -0.39 is 0 Å². The third kappa shape index (κ3) is 2.43. The highest BCUT2D eigenvalue weighted by atomic mass is 35.5. The normalized spacial score (nSPS) is 11.7. The minimum atomic E-state index is 0.126. The highest BCUT2D eigenvalue weighted by Gasteiger charge is 2.12. The summed E-state index contributed by atoms with van der Waals surface area (Å²) in [5.74, 6) is 0.126. The molecule has 0 bridgehead atoms. The molecule has 0 spiro atoms. The molecule has 0 fully saturated rings. The van der Waals surface area contributed by atoms with Crippen molar-refractivity contribution < 1.29 is 4.79 Å². The number of Topliss-reactive ketones (excluding diaryl/α,β-unsaturated/α-hetero) is 1. The van der Waals surface area contributed by atoms with Gasteiger partial charge in [0.1, 0.15) is 0 Å². The molecule has 21 heavy (non-hydrogen) atoms. The van der Waals surface area contributed by atoms with Crippen LogP contribution in [0.5, 0.6) is 0 Å². The number of halogens is 1. The molecule has 3 rings (SSSR count). The van der Waals surface area contributed by atoms with Crippen LogP contribution in [0.2, 0.25) is 5.02 Å². The molecule has 108 valence electrons. The van der Waals surface area contributed by atoms with E-state index in [0.717, 1.165) is 27.4 Å². The van der Waals surface area contributed by atoms with Crippen LogP contribution in [0.15, 0.2) is 36.4 Å². The molecule has 3 aromatic rings. The number of hydrogen-bond donors (Lipinski definition) is 0. The number of fused-ring (bicyclic) bond motifs is 3. The summed E-state index contributed by atoms with van der Waals surface area (Å²) in [4.78, 5) is 14.1. The first-order valence-electron chi connectivity index (χ1n) is 6.83. The van der Waals surface area contributed by atoms with Gasteiger partial charge in [0.2, 0.25) is 0 Å². The van der Waals surface area contributed by atoms with Gasteiger partial charge in [-0.1, -0.05) is 11.6 Å². The van der Waals surface area contributed by atoms with Crippen LogP contribution >= 0.6 is 11.6 Å². The first kappa shape index (κ1) is 14.1. The molecule has 1 aromatic heterocycles. The SMILES string of the molecule is CN(C)CC(=O)c1ccc2c(c1)c1cc(Cl)ccc1n2C. The summed E-state index contributed by atoms with van der Waals surface area (Å²) in [5.41, 5.74) is 2.96. The van der Waals surface area contributed by atoms with E-state index in [-0.39, 0.29) is 5.78 Å². The Morgan fingerprint density at radius 3 is 2.38 bits per heavy atom. The van der Waals surface area contributed by atoms with E-state index in [0.29, 0.717) is 11.6 Å². The number of hydrogen-bond acceptors (Lipinski definition) is 2. The molecule has 3 nitrogen and oxygen atoms in total. The lowest BCUT2D eigenvalue weighted by Crippen LogP contribution is -2.21. The van der Waals surface area contributed by atoms with E-state index in [2.05, 4.69) is 4.57 Å². The summed E-state index contributed by atoms with van der Waals surface area (Å²) in [6, 6.07) is 11.7. The van der Waals surface area contributed by atoms with E-state index in [1.807, 2.05) is 62.4 Å². The van der Waals surface area contributed by atoms with Crippen molar-refractivity contribution in [2.75, 3.05) is 20.6 Å². The lowest BCUT2D eigenvalue weighted by atomic mass is 10.1. The number of carbonyl (C=O) groups excluding carboxylic acids is 1. The maximum Gasteiger partial charge on any atom is 0.176 e. The van der Waals surface area contributed by atoms with Gasteiger partial charge in [-0.25, -0.2) is 0 Å². The molecule has 0 aliphatic rings. The number of aryl methyl sites for hydroxylation is 1. The molecule has 1 heterocycles. The fourth-order valence-corrected chi connectivity index (χ4v) is 2.91. The zero-order valence-corrected chi connectivity index (χ0v) is 13.1. The molecule has 0 atom stereocenters. The molecule has 0 aliphatic heterocycles. The minimum Gasteiger partial charge on any atom is -0.344 e. The number of aromatic nitrogens is 1. The molecule has 0 N–H and O–H groups in total. The van der Waals surface area contributed by atoms with E-state index in [4.69, 9.17) is 11.6 Å². The molecule has 0 saturated carbocycles. The van der Waals surface area contributed by atoms with Crippen LogP contribution in [0.4, 0.5) is 0 Å². The maximum absolute atomic E-state index is 12.2. The molecule has 2 aromatic carbocycles. The van der Waals surface area contributed by atoms with Gasteiger partial charge in [-0.3, -0.25) is 4.79 Å². The van der Waals surface area contributed by atoms with Gasteiger partial charge in [-0.05, 0) is 50.5 Å². The second kappa shape index (κ2) is 5.17. The highest BCUT2D eigenvalue weighted by molar-refractivity contribution is 6.32. The van der Waals surface area contributed by atoms with E-state index in [1.54, 1.807) is 0 Å². The molecule has 0 radical (unpaired) electrons. The van der Waals surface area contributed by atoms with Crippen LogP contribution in [0, 0.1) is 0 Å². The van der Waals surface area contributed by atoms with Crippen molar-refractivity contribution in [3.8, 4) is 0 Å². The van der Waals surface area contributed by atoms with Crippen LogP contribution in [0.1, 0.15) is 10.4 Å². The van der Waals surface area contributed by atoms with Gasteiger partial charge >= 0.3 is 0 Å². The Hall–Kier alpha value is -1.84. The van der Waals surface area contributed by atoms with Gasteiger partial charge < -0.3 is 9.47 Å². The van der Waals surface area contributed by atoms with Crippen LogP contribution in [0.25, 0.3) is 21.8 Å². The topological polar surface area (TPSA) is 25.2 Å². The molecule has 0 unspecified atom stereocenters. The molecular formula is C17H17ClN2O. The Balaban J connectivity index is 2.23. The van der Waals surface area contributed by atoms with Crippen molar-refractivity contribution in [1.29, 1.82) is 0 Å². The van der Waals surface area contributed by atoms with Crippen LogP contribution in [-0.4, -0.2) is 35.9 Å². The number of benzene rings is 2. The number of nitrogens with zero attached hydrogens (tertiary/aromatic N) is 2. The third-order valence-corrected chi connectivity index (χ3v) is 3.98. The molecule has 0 aliphatic carbocycles. The summed E-state index contributed by atoms with van der Waals surface area (Å²) in [6.07, 6.45) is 0. The van der Waals surface area contributed by atoms with Crippen molar-refractivity contribution in [2.45, 2.75) is 0 Å². The molecule has 4 heteroatoms. The average molecular weight is 301 g/mol. The van der Waals surface area contributed by atoms with Crippen LogP contribution in [0.3, 0.4) is 0 Å². The van der Waals surface area contributed by atoms with Crippen LogP contribution < -0.4 is 0 Å². The monoisotopic (exact) mass is 300 g/mol. The Morgan fingerprint density at radius 1 is 1.10 bits per heavy atom. The summed E-state index contributed by atoms with van der Waals surface area (Å²) < 4.78 is 2.13. The first-order valence-corrected chi connectivity index (χ1v) is 7.21. The lowest BCUT2D eigenvalue weighted by Gasteiger charge is -2.08. The Labute approximate surface area is 128 Å². The van der Waals surface area contributed by atoms with Crippen molar-refractivity contribution in [3.05, 3.63) is 47.0 Å². The summed E-state index contributed by atoms with van der Waals surface area (Å²) in [5, 5.41) is 2.86. The zero-order chi connectivity index (χ0) is 15.1. The number of carbonyl (C=O) groups is 1. The highest BCUT2D eigenvalue weighted by Crippen LogP contribution is 2.30. The standard InChI is InChI=1S/C17H17ClN2O/c1-19(2)10-17(21)11-4-6-15-13(8-11)14-9-12(18)5-7-16(14)20(15)3/h4-9H,10H2,1-3H3. The van der Waals surface area contributed by atoms with Crippen molar-refractivity contribution >= 4 is 39.2 Å². The Bertz CT molecular complexity index is 849. The quantitative estimate of drug-likeness (QED) is 0.689. The Kier molecular flexibility index (Phi) is 3.47. The fraction of sp³-hybridized carbons (Fsp3) is 0.235. The van der Waals surface area contributed by atoms with E-state index in [1.165, 1.54) is 0 Å². The second-order valence-electron chi connectivity index (χ2n) is 5.61. The van der Waals surface area contributed by atoms with Crippen molar-refractivity contribution in [1.82, 2.24) is 9.47 Å². The van der Waals surface area contributed by atoms with E-state index >= 15 is 0 Å². The van der Waals surface area contributed by atoms with Crippen molar-refractivity contribution in [3.63, 3.8) is 0 Å². The summed E-state index contributed by atoms with van der Waals surface area (Å²) in [6.45, 7) is 0.414. The van der Waals surface area contributed by atoms with Gasteiger partial charge in [0.25, 0.3) is 0 Å². The number of likely N-dealkylation sites (N-methyl/N-ethyl adjacent to an activating group) is 1. The van der Waals surface area contributed by atoms with Gasteiger partial charge in [0.15, 0.2) is 5.78 Å². The zero-order valence-electron chi connectivity index (χ0n) is 12.4. The predicted octanol–water partition coefficient (Wildman–Crippen LogP) is 3.73. The third-order valence-electron chi connectivity index (χ3n) is 3.75. The number of ketones is 1. The van der Waals surface area contributed by atoms with Crippen molar-refractivity contribution in [2.24, 2.45) is 7.05 Å². The summed E-state index contributed by atoms with van der Waals surface area (Å²) >= 11 is 6.12. The van der Waals surface area contributed by atoms with Crippen LogP contribution in [-0.2, 0) is 7.05 Å². The maximum atomic E-state index is 12.2. The van der Waals surface area contributed by atoms with Gasteiger partial charge in [-0.2, -0.15) is 0 Å². The molecule has 0 saturated heterocycles. The second-order valence-corrected chi connectivity index (χ2v) is 6.05. The lowest BCUT2D eigenvalue weighted by molar-refractivity contribution is 0.0958. The first-order chi connectivity index (χ1) is 9.97. The smallest absolute Gasteiger partial charge is 0.176 e. The number of rotatable bonds is 3. The largest absolute Gasteiger partial charge is 0.344 e. The fourth-order valence-electron chi connectivity index (χ4n) is 2.74. The predicted molar refractivity (Wildman–Crippen MR) is 88.3 cm³/mol. The van der Waals surface area contributed by atoms with Gasteiger partial charge in [-0.15, -0.1) is 0 Å². The summed E-state index contributed by atoms with van der Waals surface area (Å²) in [7, 11) is 5.82. The molecular weight excluding hydrogens is 284 g/mol. The molecule has 0 amide bonds. The minimum absolute atomic E-state index is 0.126. The van der Waals surface area contributed by atoms with Gasteiger partial charge in [0.05, 0.1) is 6.54 Å².